The van der Waals surface area contributed by atoms with Gasteiger partial charge in [0.25, 0.3) is 0 Å². The normalized spacial score (nSPS) is 15.3. The van der Waals surface area contributed by atoms with Crippen LogP contribution in [0.1, 0.15) is 18.5 Å². The van der Waals surface area contributed by atoms with Gasteiger partial charge in [0.2, 0.25) is 0 Å². The van der Waals surface area contributed by atoms with Crippen LogP contribution in [0.3, 0.4) is 0 Å². The van der Waals surface area contributed by atoms with Crippen molar-refractivity contribution in [2.24, 2.45) is 0 Å². The molecule has 1 aliphatic heterocycles. The molecular weight excluding hydrogens is 200 g/mol. The molecule has 0 unspecified atom stereocenters. The van der Waals surface area contributed by atoms with Crippen LogP contribution in [0, 0.1) is 0 Å². The Morgan fingerprint density at radius 3 is 3.00 bits per heavy atom. The Morgan fingerprint density at radius 1 is 1.64 bits per heavy atom. The lowest BCUT2D eigenvalue weighted by molar-refractivity contribution is -0.136. The second kappa shape index (κ2) is 3.96. The van der Waals surface area contributed by atoms with E-state index in [9.17, 15) is 4.79 Å². The summed E-state index contributed by atoms with van der Waals surface area (Å²) in [7, 11) is 0. The third kappa shape index (κ3) is 2.04. The molecule has 4 nitrogen and oxygen atoms in total. The number of hydrogen-bond acceptors (Lipinski definition) is 4. The summed E-state index contributed by atoms with van der Waals surface area (Å²) in [4.78, 5) is 16.9. The van der Waals surface area contributed by atoms with Crippen molar-refractivity contribution < 1.29 is 9.90 Å². The molecule has 0 bridgehead atoms. The Morgan fingerprint density at radius 2 is 2.43 bits per heavy atom. The van der Waals surface area contributed by atoms with Crippen LogP contribution in [0.25, 0.3) is 0 Å². The average Bonchev–Trinajstić information content (AvgIpc) is 2.46. The highest BCUT2D eigenvalue weighted by molar-refractivity contribution is 7.13. The lowest BCUT2D eigenvalue weighted by atomic mass is 10.2. The van der Waals surface area contributed by atoms with E-state index in [1.807, 2.05) is 5.38 Å². The van der Waals surface area contributed by atoms with Crippen LogP contribution >= 0.6 is 11.3 Å². The van der Waals surface area contributed by atoms with Crippen molar-refractivity contribution >= 4 is 22.4 Å². The molecule has 76 valence electrons. The van der Waals surface area contributed by atoms with Crippen molar-refractivity contribution in [2.45, 2.75) is 19.3 Å². The van der Waals surface area contributed by atoms with Crippen molar-refractivity contribution in [1.29, 1.82) is 0 Å². The highest BCUT2D eigenvalue weighted by Crippen LogP contribution is 2.25. The molecule has 14 heavy (non-hydrogen) atoms. The van der Waals surface area contributed by atoms with E-state index in [-0.39, 0.29) is 6.42 Å². The van der Waals surface area contributed by atoms with Gasteiger partial charge in [-0.1, -0.05) is 0 Å². The third-order valence-electron chi connectivity index (χ3n) is 2.26. The van der Waals surface area contributed by atoms with Gasteiger partial charge >= 0.3 is 5.97 Å². The van der Waals surface area contributed by atoms with Crippen molar-refractivity contribution in [3.63, 3.8) is 0 Å². The topological polar surface area (TPSA) is 53.4 Å². The lowest BCUT2D eigenvalue weighted by Gasteiger charge is -2.30. The summed E-state index contributed by atoms with van der Waals surface area (Å²) in [5, 5.41) is 11.5. The maximum atomic E-state index is 10.3. The van der Waals surface area contributed by atoms with Crippen molar-refractivity contribution in [3.8, 4) is 0 Å². The van der Waals surface area contributed by atoms with Crippen LogP contribution in [-0.2, 0) is 11.2 Å². The summed E-state index contributed by atoms with van der Waals surface area (Å²) in [5.41, 5.74) is 0.902. The smallest absolute Gasteiger partial charge is 0.303 e. The minimum absolute atomic E-state index is 0.170. The summed E-state index contributed by atoms with van der Waals surface area (Å²) in [6.45, 7) is 2.18. The van der Waals surface area contributed by atoms with Crippen LogP contribution in [0.15, 0.2) is 5.38 Å². The fourth-order valence-corrected chi connectivity index (χ4v) is 2.21. The Labute approximate surface area is 86.2 Å². The van der Waals surface area contributed by atoms with E-state index >= 15 is 0 Å². The van der Waals surface area contributed by atoms with Gasteiger partial charge in [0.1, 0.15) is 0 Å². The number of hydrogen-bond donors (Lipinski definition) is 1. The second-order valence-corrected chi connectivity index (χ2v) is 4.19. The first-order chi connectivity index (χ1) is 6.75. The van der Waals surface area contributed by atoms with E-state index in [1.165, 1.54) is 6.42 Å². The first-order valence-electron chi connectivity index (χ1n) is 4.67. The predicted molar refractivity (Wildman–Crippen MR) is 54.9 cm³/mol. The van der Waals surface area contributed by atoms with E-state index < -0.39 is 5.97 Å². The Bertz CT molecular complexity index is 333. The largest absolute Gasteiger partial charge is 0.481 e. The zero-order valence-electron chi connectivity index (χ0n) is 7.77. The van der Waals surface area contributed by atoms with Crippen molar-refractivity contribution in [2.75, 3.05) is 18.0 Å². The zero-order valence-corrected chi connectivity index (χ0v) is 8.59. The summed E-state index contributed by atoms with van der Waals surface area (Å²) in [6, 6.07) is 0. The molecule has 0 amide bonds. The number of aromatic nitrogens is 1. The van der Waals surface area contributed by atoms with Gasteiger partial charge in [0, 0.05) is 24.9 Å². The van der Waals surface area contributed by atoms with Crippen LogP contribution in [0.4, 0.5) is 5.13 Å². The monoisotopic (exact) mass is 212 g/mol. The number of carbonyl (C=O) groups is 1. The Hall–Kier alpha value is -1.10. The van der Waals surface area contributed by atoms with E-state index in [0.29, 0.717) is 6.42 Å². The molecule has 0 atom stereocenters. The van der Waals surface area contributed by atoms with E-state index in [4.69, 9.17) is 5.11 Å². The maximum Gasteiger partial charge on any atom is 0.303 e. The predicted octanol–water partition coefficient (Wildman–Crippen LogP) is 1.37. The van der Waals surface area contributed by atoms with E-state index in [0.717, 1.165) is 23.9 Å². The third-order valence-corrected chi connectivity index (χ3v) is 3.21. The molecule has 1 saturated heterocycles. The van der Waals surface area contributed by atoms with Gasteiger partial charge < -0.3 is 10.0 Å². The summed E-state index contributed by atoms with van der Waals surface area (Å²) in [6.07, 6.45) is 1.95. The van der Waals surface area contributed by atoms with Crippen LogP contribution < -0.4 is 4.90 Å². The van der Waals surface area contributed by atoms with Crippen LogP contribution in [0.5, 0.6) is 0 Å². The highest BCUT2D eigenvalue weighted by atomic mass is 32.1. The number of carboxylic acid groups (broad SMARTS) is 1. The number of carboxylic acids is 1. The highest BCUT2D eigenvalue weighted by Gasteiger charge is 2.17. The molecule has 0 radical (unpaired) electrons. The maximum absolute atomic E-state index is 10.3. The molecule has 5 heteroatoms. The first-order valence-corrected chi connectivity index (χ1v) is 5.55. The molecule has 1 aromatic heterocycles. The zero-order chi connectivity index (χ0) is 9.97. The standard InChI is InChI=1S/C9H12N2O2S/c12-8(13)3-2-7-6-14-9(10-7)11-4-1-5-11/h6H,1-5H2,(H,12,13). The van der Waals surface area contributed by atoms with Gasteiger partial charge in [0.15, 0.2) is 5.13 Å². The Kier molecular flexibility index (Phi) is 2.67. The number of nitrogens with zero attached hydrogens (tertiary/aromatic N) is 2. The SMILES string of the molecule is O=C(O)CCc1csc(N2CCC2)n1. The molecule has 1 aromatic rings. The Balaban J connectivity index is 1.92. The first kappa shape index (κ1) is 9.45. The van der Waals surface area contributed by atoms with Gasteiger partial charge in [-0.25, -0.2) is 4.98 Å². The molecule has 1 fully saturated rings. The van der Waals surface area contributed by atoms with E-state index in [2.05, 4.69) is 9.88 Å². The van der Waals surface area contributed by atoms with E-state index in [1.54, 1.807) is 11.3 Å². The van der Waals surface area contributed by atoms with Crippen LogP contribution in [0.2, 0.25) is 0 Å². The fourth-order valence-electron chi connectivity index (χ4n) is 1.30. The quantitative estimate of drug-likeness (QED) is 0.819. The van der Waals surface area contributed by atoms with Gasteiger partial charge in [0.05, 0.1) is 12.1 Å². The van der Waals surface area contributed by atoms with Crippen molar-refractivity contribution in [1.82, 2.24) is 4.98 Å². The number of aliphatic carboxylic acids is 1. The van der Waals surface area contributed by atoms with Crippen LogP contribution in [-0.4, -0.2) is 29.1 Å². The molecule has 0 spiro atoms. The fraction of sp³-hybridized carbons (Fsp3) is 0.556. The molecule has 0 saturated carbocycles. The number of thiazole rings is 1. The summed E-state index contributed by atoms with van der Waals surface area (Å²) < 4.78 is 0. The van der Waals surface area contributed by atoms with Gasteiger partial charge in [-0.3, -0.25) is 4.79 Å². The molecule has 1 aliphatic rings. The second-order valence-electron chi connectivity index (χ2n) is 3.36. The number of aryl methyl sites for hydroxylation is 1. The van der Waals surface area contributed by atoms with Gasteiger partial charge in [-0.2, -0.15) is 0 Å². The lowest BCUT2D eigenvalue weighted by Crippen LogP contribution is -2.36. The molecule has 0 aliphatic carbocycles. The molecule has 2 heterocycles. The molecular formula is C9H12N2O2S. The van der Waals surface area contributed by atoms with Crippen molar-refractivity contribution in [3.05, 3.63) is 11.1 Å². The average molecular weight is 212 g/mol. The number of anilines is 1. The minimum atomic E-state index is -0.761. The number of rotatable bonds is 4. The molecule has 1 N–H and O–H groups in total. The summed E-state index contributed by atoms with van der Waals surface area (Å²) in [5.74, 6) is -0.761. The minimum Gasteiger partial charge on any atom is -0.481 e. The van der Waals surface area contributed by atoms with Gasteiger partial charge in [-0.15, -0.1) is 11.3 Å². The summed E-state index contributed by atoms with van der Waals surface area (Å²) >= 11 is 1.61. The van der Waals surface area contributed by atoms with Gasteiger partial charge in [-0.05, 0) is 6.42 Å². The molecule has 2 rings (SSSR count). The molecule has 0 aromatic carbocycles.